The van der Waals surface area contributed by atoms with Crippen molar-refractivity contribution in [3.63, 3.8) is 0 Å². The lowest BCUT2D eigenvalue weighted by molar-refractivity contribution is -0.150. The average molecular weight is 319 g/mol. The monoisotopic (exact) mass is 318 g/mol. The van der Waals surface area contributed by atoms with Gasteiger partial charge < -0.3 is 9.84 Å². The van der Waals surface area contributed by atoms with Gasteiger partial charge in [0.2, 0.25) is 0 Å². The largest absolute Gasteiger partial charge is 0.479 e. The van der Waals surface area contributed by atoms with E-state index in [0.29, 0.717) is 13.0 Å². The van der Waals surface area contributed by atoms with Gasteiger partial charge in [-0.2, -0.15) is 0 Å². The van der Waals surface area contributed by atoms with Gasteiger partial charge in [0, 0.05) is 21.7 Å². The zero-order valence-electron chi connectivity index (χ0n) is 9.56. The molecule has 0 amide bonds. The number of carboxylic acids is 1. The van der Waals surface area contributed by atoms with Gasteiger partial charge in [0.1, 0.15) is 0 Å². The summed E-state index contributed by atoms with van der Waals surface area (Å²) in [6.07, 6.45) is -0.174. The van der Waals surface area contributed by atoms with Gasteiger partial charge in [0.15, 0.2) is 6.10 Å². The van der Waals surface area contributed by atoms with Crippen LogP contribution in [-0.4, -0.2) is 29.5 Å². The second-order valence-electron chi connectivity index (χ2n) is 3.37. The highest BCUT2D eigenvalue weighted by molar-refractivity contribution is 9.10. The number of rotatable bonds is 7. The molecular weight excluding hydrogens is 304 g/mol. The second kappa shape index (κ2) is 7.74. The molecule has 1 N–H and O–H groups in total. The molecule has 3 nitrogen and oxygen atoms in total. The standard InChI is InChI=1S/C12H15BrO3S/c1-2-16-11(12(14)15)7-8-17-10-5-3-9(13)4-6-10/h3-6,11H,2,7-8H2,1H3,(H,14,15). The van der Waals surface area contributed by atoms with E-state index in [-0.39, 0.29) is 0 Å². The van der Waals surface area contributed by atoms with Gasteiger partial charge in [-0.25, -0.2) is 4.79 Å². The van der Waals surface area contributed by atoms with Crippen LogP contribution in [0.4, 0.5) is 0 Å². The highest BCUT2D eigenvalue weighted by Crippen LogP contribution is 2.22. The minimum atomic E-state index is -0.886. The first kappa shape index (κ1) is 14.5. The van der Waals surface area contributed by atoms with E-state index in [1.54, 1.807) is 18.7 Å². The normalized spacial score (nSPS) is 12.4. The van der Waals surface area contributed by atoms with Crippen LogP contribution in [0.3, 0.4) is 0 Å². The molecule has 17 heavy (non-hydrogen) atoms. The molecular formula is C12H15BrO3S. The van der Waals surface area contributed by atoms with E-state index in [2.05, 4.69) is 15.9 Å². The molecule has 0 spiro atoms. The fraction of sp³-hybridized carbons (Fsp3) is 0.417. The molecule has 0 saturated carbocycles. The van der Waals surface area contributed by atoms with Crippen LogP contribution in [0.25, 0.3) is 0 Å². The second-order valence-corrected chi connectivity index (χ2v) is 5.46. The zero-order chi connectivity index (χ0) is 12.7. The van der Waals surface area contributed by atoms with Crippen LogP contribution >= 0.6 is 27.7 Å². The minimum Gasteiger partial charge on any atom is -0.479 e. The summed E-state index contributed by atoms with van der Waals surface area (Å²) >= 11 is 5.01. The van der Waals surface area contributed by atoms with Gasteiger partial charge in [-0.05, 0) is 37.6 Å². The Morgan fingerprint density at radius 3 is 2.65 bits per heavy atom. The summed E-state index contributed by atoms with van der Waals surface area (Å²) < 4.78 is 6.18. The molecule has 94 valence electrons. The Balaban J connectivity index is 2.35. The van der Waals surface area contributed by atoms with Gasteiger partial charge in [0.25, 0.3) is 0 Å². The highest BCUT2D eigenvalue weighted by atomic mass is 79.9. The zero-order valence-corrected chi connectivity index (χ0v) is 12.0. The third-order valence-electron chi connectivity index (χ3n) is 2.11. The quantitative estimate of drug-likeness (QED) is 0.782. The van der Waals surface area contributed by atoms with E-state index in [1.165, 1.54) is 0 Å². The van der Waals surface area contributed by atoms with E-state index in [0.717, 1.165) is 15.1 Å². The number of hydrogen-bond donors (Lipinski definition) is 1. The Morgan fingerprint density at radius 1 is 1.47 bits per heavy atom. The van der Waals surface area contributed by atoms with E-state index in [4.69, 9.17) is 9.84 Å². The molecule has 5 heteroatoms. The SMILES string of the molecule is CCOC(CCSc1ccc(Br)cc1)C(=O)O. The van der Waals surface area contributed by atoms with E-state index in [9.17, 15) is 4.79 Å². The van der Waals surface area contributed by atoms with Crippen LogP contribution in [-0.2, 0) is 9.53 Å². The number of benzene rings is 1. The third-order valence-corrected chi connectivity index (χ3v) is 3.68. The molecule has 0 saturated heterocycles. The smallest absolute Gasteiger partial charge is 0.332 e. The molecule has 0 radical (unpaired) electrons. The van der Waals surface area contributed by atoms with Crippen LogP contribution in [0.5, 0.6) is 0 Å². The Labute approximate surface area is 114 Å². The topological polar surface area (TPSA) is 46.5 Å². The van der Waals surface area contributed by atoms with Crippen molar-refractivity contribution in [3.8, 4) is 0 Å². The fourth-order valence-corrected chi connectivity index (χ4v) is 2.45. The maximum atomic E-state index is 10.8. The molecule has 0 aromatic heterocycles. The van der Waals surface area contributed by atoms with Crippen LogP contribution < -0.4 is 0 Å². The molecule has 1 aromatic rings. The third kappa shape index (κ3) is 5.57. The Bertz CT molecular complexity index is 353. The molecule has 0 fully saturated rings. The van der Waals surface area contributed by atoms with Crippen molar-refractivity contribution < 1.29 is 14.6 Å². The molecule has 0 aliphatic heterocycles. The maximum absolute atomic E-state index is 10.8. The summed E-state index contributed by atoms with van der Waals surface area (Å²) in [5, 5.41) is 8.90. The lowest BCUT2D eigenvalue weighted by Crippen LogP contribution is -2.24. The summed E-state index contributed by atoms with van der Waals surface area (Å²) in [5.74, 6) is -0.151. The number of halogens is 1. The van der Waals surface area contributed by atoms with Crippen LogP contribution in [0.1, 0.15) is 13.3 Å². The number of carboxylic acid groups (broad SMARTS) is 1. The number of ether oxygens (including phenoxy) is 1. The van der Waals surface area contributed by atoms with Crippen molar-refractivity contribution in [2.24, 2.45) is 0 Å². The van der Waals surface area contributed by atoms with Crippen molar-refractivity contribution in [3.05, 3.63) is 28.7 Å². The van der Waals surface area contributed by atoms with Crippen molar-refractivity contribution >= 4 is 33.7 Å². The number of hydrogen-bond acceptors (Lipinski definition) is 3. The Morgan fingerprint density at radius 2 is 2.12 bits per heavy atom. The summed E-state index contributed by atoms with van der Waals surface area (Å²) in [6.45, 7) is 2.23. The molecule has 0 heterocycles. The van der Waals surface area contributed by atoms with Gasteiger partial charge in [-0.15, -0.1) is 11.8 Å². The van der Waals surface area contributed by atoms with Crippen molar-refractivity contribution in [1.82, 2.24) is 0 Å². The summed E-state index contributed by atoms with van der Waals surface area (Å²) in [7, 11) is 0. The predicted octanol–water partition coefficient (Wildman–Crippen LogP) is 3.42. The highest BCUT2D eigenvalue weighted by Gasteiger charge is 2.16. The van der Waals surface area contributed by atoms with Crippen LogP contribution in [0.15, 0.2) is 33.6 Å². The van der Waals surface area contributed by atoms with E-state index < -0.39 is 12.1 Å². The average Bonchev–Trinajstić information content (AvgIpc) is 2.30. The summed E-state index contributed by atoms with van der Waals surface area (Å²) in [6, 6.07) is 7.95. The number of carbonyl (C=O) groups is 1. The molecule has 1 unspecified atom stereocenters. The Kier molecular flexibility index (Phi) is 6.62. The van der Waals surface area contributed by atoms with E-state index >= 15 is 0 Å². The Hall–Kier alpha value is -0.520. The van der Waals surface area contributed by atoms with Crippen LogP contribution in [0, 0.1) is 0 Å². The first-order valence-corrected chi connectivity index (χ1v) is 7.14. The molecule has 1 rings (SSSR count). The molecule has 0 aliphatic rings. The van der Waals surface area contributed by atoms with Crippen molar-refractivity contribution in [2.45, 2.75) is 24.3 Å². The maximum Gasteiger partial charge on any atom is 0.332 e. The summed E-state index contributed by atoms with van der Waals surface area (Å²) in [4.78, 5) is 12.0. The number of aliphatic carboxylic acids is 1. The summed E-state index contributed by atoms with van der Waals surface area (Å²) in [5.41, 5.74) is 0. The predicted molar refractivity (Wildman–Crippen MR) is 72.5 cm³/mol. The number of thioether (sulfide) groups is 1. The van der Waals surface area contributed by atoms with Crippen LogP contribution in [0.2, 0.25) is 0 Å². The fourth-order valence-electron chi connectivity index (χ4n) is 1.29. The van der Waals surface area contributed by atoms with Crippen molar-refractivity contribution in [2.75, 3.05) is 12.4 Å². The molecule has 0 bridgehead atoms. The molecule has 1 atom stereocenters. The minimum absolute atomic E-state index is 0.430. The first-order chi connectivity index (χ1) is 8.13. The van der Waals surface area contributed by atoms with Crippen molar-refractivity contribution in [1.29, 1.82) is 0 Å². The molecule has 0 aliphatic carbocycles. The van der Waals surface area contributed by atoms with Gasteiger partial charge in [0.05, 0.1) is 0 Å². The van der Waals surface area contributed by atoms with Gasteiger partial charge in [-0.1, -0.05) is 15.9 Å². The van der Waals surface area contributed by atoms with E-state index in [1.807, 2.05) is 24.3 Å². The lowest BCUT2D eigenvalue weighted by Gasteiger charge is -2.11. The van der Waals surface area contributed by atoms with Gasteiger partial charge in [-0.3, -0.25) is 0 Å². The lowest BCUT2D eigenvalue weighted by atomic mass is 10.3. The first-order valence-electron chi connectivity index (χ1n) is 5.36. The molecule has 1 aromatic carbocycles. The van der Waals surface area contributed by atoms with Gasteiger partial charge >= 0.3 is 5.97 Å².